The van der Waals surface area contributed by atoms with Crippen molar-refractivity contribution in [1.29, 1.82) is 0 Å². The lowest BCUT2D eigenvalue weighted by Crippen LogP contribution is -2.15. The van der Waals surface area contributed by atoms with Crippen molar-refractivity contribution in [3.63, 3.8) is 0 Å². The van der Waals surface area contributed by atoms with Crippen LogP contribution in [0.15, 0.2) is 23.0 Å². The molecule has 1 heterocycles. The molecular formula is C10H13N3OS. The van der Waals surface area contributed by atoms with Crippen LogP contribution in [0.3, 0.4) is 0 Å². The van der Waals surface area contributed by atoms with E-state index in [0.29, 0.717) is 5.88 Å². The quantitative estimate of drug-likeness (QED) is 0.540. The number of thiol groups is 1. The topological polar surface area (TPSA) is 51.9 Å². The molecule has 2 N–H and O–H groups in total. The molecule has 1 aromatic heterocycles. The number of hydrogen-bond donors (Lipinski definition) is 3. The Morgan fingerprint density at radius 1 is 1.33 bits per heavy atom. The van der Waals surface area contributed by atoms with Gasteiger partial charge in [0.2, 0.25) is 0 Å². The summed E-state index contributed by atoms with van der Waals surface area (Å²) in [7, 11) is 2.00. The van der Waals surface area contributed by atoms with Gasteiger partial charge in [0.15, 0.2) is 0 Å². The minimum Gasteiger partial charge on any atom is -0.306 e. The van der Waals surface area contributed by atoms with E-state index in [1.54, 1.807) is 0 Å². The predicted octanol–water partition coefficient (Wildman–Crippen LogP) is 1.18. The lowest BCUT2D eigenvalue weighted by molar-refractivity contribution is 0.388. The zero-order valence-electron chi connectivity index (χ0n) is 8.45. The second kappa shape index (κ2) is 4.12. The van der Waals surface area contributed by atoms with Crippen LogP contribution in [0, 0.1) is 0 Å². The molecule has 4 nitrogen and oxygen atoms in total. The Morgan fingerprint density at radius 2 is 2.07 bits per heavy atom. The Labute approximate surface area is 92.7 Å². The molecule has 0 amide bonds. The number of aromatic nitrogens is 2. The first-order chi connectivity index (χ1) is 7.19. The van der Waals surface area contributed by atoms with E-state index in [4.69, 9.17) is 0 Å². The highest BCUT2D eigenvalue weighted by Crippen LogP contribution is 2.11. The van der Waals surface area contributed by atoms with Gasteiger partial charge in [0.25, 0.3) is 0 Å². The molecule has 80 valence electrons. The molecular weight excluding hydrogens is 210 g/mol. The van der Waals surface area contributed by atoms with E-state index in [0.717, 1.165) is 23.1 Å². The number of aromatic amines is 2. The minimum atomic E-state index is -0.162. The number of H-pyrrole nitrogens is 2. The van der Waals surface area contributed by atoms with Gasteiger partial charge in [0.05, 0.1) is 11.0 Å². The highest BCUT2D eigenvalue weighted by atomic mass is 32.1. The third-order valence-electron chi connectivity index (χ3n) is 2.27. The highest BCUT2D eigenvalue weighted by molar-refractivity contribution is 7.80. The molecule has 0 bridgehead atoms. The van der Waals surface area contributed by atoms with Gasteiger partial charge in [0, 0.05) is 12.4 Å². The van der Waals surface area contributed by atoms with E-state index in [9.17, 15) is 4.79 Å². The fraction of sp³-hybridized carbons (Fsp3) is 0.300. The van der Waals surface area contributed by atoms with E-state index in [-0.39, 0.29) is 5.69 Å². The summed E-state index contributed by atoms with van der Waals surface area (Å²) in [6, 6.07) is 5.90. The van der Waals surface area contributed by atoms with Gasteiger partial charge in [-0.3, -0.25) is 4.90 Å². The Bertz CT molecular complexity index is 517. The number of nitrogens with one attached hydrogen (secondary N) is 2. The van der Waals surface area contributed by atoms with Crippen LogP contribution < -0.4 is 5.69 Å². The Balaban J connectivity index is 2.34. The molecule has 2 rings (SSSR count). The van der Waals surface area contributed by atoms with Crippen molar-refractivity contribution in [2.75, 3.05) is 12.9 Å². The molecule has 0 saturated heterocycles. The maximum atomic E-state index is 11.0. The second-order valence-electron chi connectivity index (χ2n) is 3.61. The lowest BCUT2D eigenvalue weighted by atomic mass is 10.2. The maximum Gasteiger partial charge on any atom is 0.323 e. The number of hydrogen-bond acceptors (Lipinski definition) is 3. The third-order valence-corrected chi connectivity index (χ3v) is 2.76. The minimum absolute atomic E-state index is 0.162. The van der Waals surface area contributed by atoms with E-state index < -0.39 is 0 Å². The zero-order chi connectivity index (χ0) is 10.8. The van der Waals surface area contributed by atoms with Gasteiger partial charge in [0.1, 0.15) is 0 Å². The van der Waals surface area contributed by atoms with Gasteiger partial charge in [-0.25, -0.2) is 4.79 Å². The normalized spacial score (nSPS) is 11.4. The Hall–Kier alpha value is -1.20. The summed E-state index contributed by atoms with van der Waals surface area (Å²) in [5.74, 6) is 0.710. The number of benzene rings is 1. The largest absolute Gasteiger partial charge is 0.323 e. The summed E-state index contributed by atoms with van der Waals surface area (Å²) in [6.07, 6.45) is 0. The first-order valence-electron chi connectivity index (χ1n) is 4.69. The zero-order valence-corrected chi connectivity index (χ0v) is 9.34. The Kier molecular flexibility index (Phi) is 2.83. The highest BCUT2D eigenvalue weighted by Gasteiger charge is 2.01. The molecule has 0 saturated carbocycles. The van der Waals surface area contributed by atoms with Gasteiger partial charge >= 0.3 is 5.69 Å². The third kappa shape index (κ3) is 2.24. The van der Waals surface area contributed by atoms with Crippen LogP contribution in [-0.4, -0.2) is 27.8 Å². The van der Waals surface area contributed by atoms with E-state index in [1.807, 2.05) is 25.2 Å². The van der Waals surface area contributed by atoms with Crippen molar-refractivity contribution in [1.82, 2.24) is 14.9 Å². The van der Waals surface area contributed by atoms with Gasteiger partial charge < -0.3 is 9.97 Å². The summed E-state index contributed by atoms with van der Waals surface area (Å²) < 4.78 is 0. The maximum absolute atomic E-state index is 11.0. The van der Waals surface area contributed by atoms with Crippen molar-refractivity contribution >= 4 is 23.7 Å². The van der Waals surface area contributed by atoms with Gasteiger partial charge in [-0.05, 0) is 24.7 Å². The number of imidazole rings is 1. The lowest BCUT2D eigenvalue weighted by Gasteiger charge is -2.12. The van der Waals surface area contributed by atoms with Crippen molar-refractivity contribution in [3.8, 4) is 0 Å². The molecule has 2 aromatic rings. The SMILES string of the molecule is CN(CS)Cc1ccc2[nH]c(=O)[nH]c2c1. The molecule has 0 unspecified atom stereocenters. The van der Waals surface area contributed by atoms with Crippen LogP contribution in [0.5, 0.6) is 0 Å². The van der Waals surface area contributed by atoms with Crippen molar-refractivity contribution in [2.45, 2.75) is 6.54 Å². The van der Waals surface area contributed by atoms with Crippen LogP contribution in [-0.2, 0) is 6.54 Å². The molecule has 0 aliphatic rings. The summed E-state index contributed by atoms with van der Waals surface area (Å²) in [6.45, 7) is 0.826. The smallest absolute Gasteiger partial charge is 0.306 e. The Morgan fingerprint density at radius 3 is 2.80 bits per heavy atom. The van der Waals surface area contributed by atoms with Crippen LogP contribution in [0.2, 0.25) is 0 Å². The van der Waals surface area contributed by atoms with Crippen LogP contribution in [0.4, 0.5) is 0 Å². The van der Waals surface area contributed by atoms with Crippen molar-refractivity contribution in [2.24, 2.45) is 0 Å². The molecule has 5 heteroatoms. The monoisotopic (exact) mass is 223 g/mol. The predicted molar refractivity (Wildman–Crippen MR) is 64.2 cm³/mol. The molecule has 0 fully saturated rings. The second-order valence-corrected chi connectivity index (χ2v) is 3.90. The number of rotatable bonds is 3. The van der Waals surface area contributed by atoms with Crippen LogP contribution in [0.1, 0.15) is 5.56 Å². The van der Waals surface area contributed by atoms with Gasteiger partial charge in [-0.15, -0.1) is 0 Å². The summed E-state index contributed by atoms with van der Waals surface area (Å²) in [5, 5.41) is 0. The fourth-order valence-electron chi connectivity index (χ4n) is 1.54. The molecule has 0 spiro atoms. The first kappa shape index (κ1) is 10.3. The molecule has 1 aromatic carbocycles. The van der Waals surface area contributed by atoms with Gasteiger partial charge in [-0.2, -0.15) is 12.6 Å². The van der Waals surface area contributed by atoms with Gasteiger partial charge in [-0.1, -0.05) is 6.07 Å². The average molecular weight is 223 g/mol. The summed E-state index contributed by atoms with van der Waals surface area (Å²) >= 11 is 4.19. The summed E-state index contributed by atoms with van der Waals surface area (Å²) in [5.41, 5.74) is 2.70. The summed E-state index contributed by atoms with van der Waals surface area (Å²) in [4.78, 5) is 18.6. The molecule has 0 aliphatic heterocycles. The molecule has 0 atom stereocenters. The van der Waals surface area contributed by atoms with E-state index in [2.05, 4.69) is 27.5 Å². The van der Waals surface area contributed by atoms with E-state index in [1.165, 1.54) is 0 Å². The molecule has 0 aliphatic carbocycles. The molecule has 15 heavy (non-hydrogen) atoms. The average Bonchev–Trinajstić information content (AvgIpc) is 2.57. The number of fused-ring (bicyclic) bond motifs is 1. The van der Waals surface area contributed by atoms with Crippen LogP contribution in [0.25, 0.3) is 11.0 Å². The van der Waals surface area contributed by atoms with Crippen LogP contribution >= 0.6 is 12.6 Å². The molecule has 0 radical (unpaired) electrons. The number of nitrogens with zero attached hydrogens (tertiary/aromatic N) is 1. The first-order valence-corrected chi connectivity index (χ1v) is 5.32. The van der Waals surface area contributed by atoms with Crippen molar-refractivity contribution in [3.05, 3.63) is 34.2 Å². The standard InChI is InChI=1S/C10H13N3OS/c1-13(6-15)5-7-2-3-8-9(4-7)12-10(14)11-8/h2-4,15H,5-6H2,1H3,(H2,11,12,14). The van der Waals surface area contributed by atoms with E-state index >= 15 is 0 Å². The van der Waals surface area contributed by atoms with Crippen molar-refractivity contribution < 1.29 is 0 Å². The fourth-order valence-corrected chi connectivity index (χ4v) is 1.64.